The molecular weight excluding hydrogens is 379 g/mol. The molecule has 0 radical (unpaired) electrons. The zero-order valence-electron chi connectivity index (χ0n) is 20.2. The Morgan fingerprint density at radius 1 is 0.581 bits per heavy atom. The predicted molar refractivity (Wildman–Crippen MR) is 131 cm³/mol. The van der Waals surface area contributed by atoms with Gasteiger partial charge in [-0.1, -0.05) is 63.3 Å². The fourth-order valence-electron chi connectivity index (χ4n) is 7.46. The van der Waals surface area contributed by atoms with E-state index in [9.17, 15) is 4.39 Å². The van der Waals surface area contributed by atoms with Crippen molar-refractivity contribution >= 4 is 0 Å². The van der Waals surface area contributed by atoms with E-state index in [1.165, 1.54) is 76.2 Å². The first-order chi connectivity index (χ1) is 15.2. The number of alkyl halides is 1. The largest absolute Gasteiger partial charge is 0.251 e. The highest BCUT2D eigenvalue weighted by molar-refractivity contribution is 5.22. The van der Waals surface area contributed by atoms with Gasteiger partial charge < -0.3 is 0 Å². The Balaban J connectivity index is 1.13. The molecule has 1 aromatic carbocycles. The second-order valence-corrected chi connectivity index (χ2v) is 11.4. The molecule has 4 rings (SSSR count). The van der Waals surface area contributed by atoms with E-state index in [0.29, 0.717) is 6.42 Å². The molecule has 31 heavy (non-hydrogen) atoms. The van der Waals surface area contributed by atoms with Gasteiger partial charge in [0.2, 0.25) is 0 Å². The SMILES string of the molecule is CC[C@H]1CC[C@H]([C@H]2CC[C@H](C3CCC(CCc4ccc(CCF)cc4)CC3)CC2)CC1. The van der Waals surface area contributed by atoms with Gasteiger partial charge in [-0.15, -0.1) is 0 Å². The topological polar surface area (TPSA) is 0 Å². The van der Waals surface area contributed by atoms with Crippen LogP contribution in [0, 0.1) is 35.5 Å². The first-order valence-electron chi connectivity index (χ1n) is 13.9. The second-order valence-electron chi connectivity index (χ2n) is 11.4. The zero-order chi connectivity index (χ0) is 21.5. The second kappa shape index (κ2) is 11.9. The van der Waals surface area contributed by atoms with Gasteiger partial charge in [0.15, 0.2) is 0 Å². The molecule has 0 unspecified atom stereocenters. The van der Waals surface area contributed by atoms with Gasteiger partial charge in [0.1, 0.15) is 0 Å². The van der Waals surface area contributed by atoms with Crippen LogP contribution in [0.15, 0.2) is 24.3 Å². The minimum absolute atomic E-state index is 0.246. The van der Waals surface area contributed by atoms with Crippen LogP contribution in [0.2, 0.25) is 0 Å². The molecule has 0 aromatic heterocycles. The molecule has 3 saturated carbocycles. The van der Waals surface area contributed by atoms with E-state index in [4.69, 9.17) is 0 Å². The number of halogens is 1. The number of hydrogen-bond acceptors (Lipinski definition) is 0. The quantitative estimate of drug-likeness (QED) is 0.389. The van der Waals surface area contributed by atoms with E-state index in [2.05, 4.69) is 31.2 Å². The molecule has 0 amide bonds. The number of hydrogen-bond donors (Lipinski definition) is 0. The van der Waals surface area contributed by atoms with E-state index in [1.54, 1.807) is 25.7 Å². The summed E-state index contributed by atoms with van der Waals surface area (Å²) >= 11 is 0. The van der Waals surface area contributed by atoms with Crippen molar-refractivity contribution in [1.29, 1.82) is 0 Å². The molecule has 0 aliphatic heterocycles. The highest BCUT2D eigenvalue weighted by atomic mass is 19.1. The van der Waals surface area contributed by atoms with Crippen molar-refractivity contribution in [3.8, 4) is 0 Å². The molecular formula is C30H47F. The Morgan fingerprint density at radius 2 is 0.968 bits per heavy atom. The first-order valence-corrected chi connectivity index (χ1v) is 13.9. The Kier molecular flexibility index (Phi) is 8.91. The fourth-order valence-corrected chi connectivity index (χ4v) is 7.46. The van der Waals surface area contributed by atoms with Gasteiger partial charge in [0, 0.05) is 6.42 Å². The van der Waals surface area contributed by atoms with E-state index in [-0.39, 0.29) is 6.67 Å². The van der Waals surface area contributed by atoms with Crippen LogP contribution in [0.25, 0.3) is 0 Å². The van der Waals surface area contributed by atoms with Crippen molar-refractivity contribution in [3.63, 3.8) is 0 Å². The molecule has 1 aromatic rings. The highest BCUT2D eigenvalue weighted by Crippen LogP contribution is 2.46. The summed E-state index contributed by atoms with van der Waals surface area (Å²) in [7, 11) is 0. The molecule has 0 spiro atoms. The number of benzene rings is 1. The molecule has 1 heteroatoms. The maximum Gasteiger partial charge on any atom is 0.0934 e. The van der Waals surface area contributed by atoms with Crippen molar-refractivity contribution in [3.05, 3.63) is 35.4 Å². The minimum Gasteiger partial charge on any atom is -0.251 e. The van der Waals surface area contributed by atoms with Crippen LogP contribution in [0.1, 0.15) is 108 Å². The lowest BCUT2D eigenvalue weighted by Crippen LogP contribution is -2.29. The summed E-state index contributed by atoms with van der Waals surface area (Å²) in [5.41, 5.74) is 2.58. The third kappa shape index (κ3) is 6.58. The van der Waals surface area contributed by atoms with Crippen molar-refractivity contribution in [2.75, 3.05) is 6.67 Å². The smallest absolute Gasteiger partial charge is 0.0934 e. The Morgan fingerprint density at radius 3 is 1.39 bits per heavy atom. The minimum atomic E-state index is -0.246. The monoisotopic (exact) mass is 426 g/mol. The normalized spacial score (nSPS) is 34.5. The molecule has 0 saturated heterocycles. The highest BCUT2D eigenvalue weighted by Gasteiger charge is 2.34. The van der Waals surface area contributed by atoms with Crippen LogP contribution in [-0.4, -0.2) is 6.67 Å². The van der Waals surface area contributed by atoms with Crippen LogP contribution in [0.4, 0.5) is 4.39 Å². The maximum atomic E-state index is 12.5. The van der Waals surface area contributed by atoms with Crippen LogP contribution < -0.4 is 0 Å². The van der Waals surface area contributed by atoms with Crippen molar-refractivity contribution in [2.24, 2.45) is 35.5 Å². The lowest BCUT2D eigenvalue weighted by atomic mass is 9.64. The van der Waals surface area contributed by atoms with E-state index < -0.39 is 0 Å². The summed E-state index contributed by atoms with van der Waals surface area (Å²) in [6, 6.07) is 8.70. The average molecular weight is 427 g/mol. The fraction of sp³-hybridized carbons (Fsp3) is 0.800. The van der Waals surface area contributed by atoms with Crippen LogP contribution in [-0.2, 0) is 12.8 Å². The van der Waals surface area contributed by atoms with E-state index in [0.717, 1.165) is 41.1 Å². The van der Waals surface area contributed by atoms with Gasteiger partial charge in [0.25, 0.3) is 0 Å². The van der Waals surface area contributed by atoms with Crippen molar-refractivity contribution in [1.82, 2.24) is 0 Å². The molecule has 3 aliphatic rings. The van der Waals surface area contributed by atoms with Crippen LogP contribution in [0.5, 0.6) is 0 Å². The lowest BCUT2D eigenvalue weighted by Gasteiger charge is -2.41. The Bertz CT molecular complexity index is 610. The maximum absolute atomic E-state index is 12.5. The lowest BCUT2D eigenvalue weighted by molar-refractivity contribution is 0.103. The summed E-state index contributed by atoms with van der Waals surface area (Å²) in [5.74, 6) is 6.21. The van der Waals surface area contributed by atoms with E-state index in [1.807, 2.05) is 0 Å². The number of rotatable bonds is 8. The molecule has 3 aliphatic carbocycles. The summed E-state index contributed by atoms with van der Waals surface area (Å²) in [5, 5.41) is 0. The van der Waals surface area contributed by atoms with Crippen molar-refractivity contribution in [2.45, 2.75) is 110 Å². The van der Waals surface area contributed by atoms with Crippen LogP contribution >= 0.6 is 0 Å². The molecule has 3 fully saturated rings. The van der Waals surface area contributed by atoms with Crippen LogP contribution in [0.3, 0.4) is 0 Å². The van der Waals surface area contributed by atoms with Gasteiger partial charge in [0.05, 0.1) is 6.67 Å². The summed E-state index contributed by atoms with van der Waals surface area (Å²) < 4.78 is 12.5. The standard InChI is InChI=1S/C30H47F/c1-2-23-9-13-27(14-10-23)29-17-19-30(20-18-29)28-15-11-25(12-16-28)4-3-24-5-7-26(8-6-24)21-22-31/h5-8,23,25,27-30H,2-4,9-22H2,1H3/t23-,25?,27-,28?,29-,30-. The average Bonchev–Trinajstić information content (AvgIpc) is 2.84. The van der Waals surface area contributed by atoms with Gasteiger partial charge >= 0.3 is 0 Å². The van der Waals surface area contributed by atoms with E-state index >= 15 is 0 Å². The Hall–Kier alpha value is -0.850. The van der Waals surface area contributed by atoms with Crippen molar-refractivity contribution < 1.29 is 4.39 Å². The van der Waals surface area contributed by atoms with Gasteiger partial charge in [-0.3, -0.25) is 4.39 Å². The van der Waals surface area contributed by atoms with Gasteiger partial charge in [-0.05, 0) is 111 Å². The Labute approximate surface area is 191 Å². The zero-order valence-corrected chi connectivity index (χ0v) is 20.2. The summed E-state index contributed by atoms with van der Waals surface area (Å²) in [6.07, 6.45) is 22.7. The van der Waals surface area contributed by atoms with Gasteiger partial charge in [-0.2, -0.15) is 0 Å². The van der Waals surface area contributed by atoms with Gasteiger partial charge in [-0.25, -0.2) is 0 Å². The third-order valence-corrected chi connectivity index (χ3v) is 9.76. The summed E-state index contributed by atoms with van der Waals surface area (Å²) in [6.45, 7) is 2.14. The number of aryl methyl sites for hydroxylation is 2. The first kappa shape index (κ1) is 23.3. The summed E-state index contributed by atoms with van der Waals surface area (Å²) in [4.78, 5) is 0. The molecule has 0 bridgehead atoms. The molecule has 0 atom stereocenters. The molecule has 174 valence electrons. The molecule has 0 N–H and O–H groups in total. The molecule has 0 heterocycles. The predicted octanol–water partition coefficient (Wildman–Crippen LogP) is 8.96. The third-order valence-electron chi connectivity index (χ3n) is 9.76. The molecule has 0 nitrogen and oxygen atoms in total.